The van der Waals surface area contributed by atoms with Crippen LogP contribution < -0.4 is 0 Å². The first-order chi connectivity index (χ1) is 7.75. The van der Waals surface area contributed by atoms with Crippen molar-refractivity contribution in [3.63, 3.8) is 0 Å². The molecule has 0 saturated carbocycles. The van der Waals surface area contributed by atoms with E-state index in [4.69, 9.17) is 23.2 Å². The van der Waals surface area contributed by atoms with E-state index in [-0.39, 0.29) is 0 Å². The highest BCUT2D eigenvalue weighted by Gasteiger charge is 2.05. The summed E-state index contributed by atoms with van der Waals surface area (Å²) >= 11 is 12.3. The van der Waals surface area contributed by atoms with Gasteiger partial charge < -0.3 is 0 Å². The summed E-state index contributed by atoms with van der Waals surface area (Å²) in [6, 6.07) is 17.5. The van der Waals surface area contributed by atoms with Gasteiger partial charge in [-0.3, -0.25) is 0 Å². The van der Waals surface area contributed by atoms with Crippen LogP contribution in [0, 0.1) is 12.1 Å². The van der Waals surface area contributed by atoms with Gasteiger partial charge in [0.05, 0.1) is 5.02 Å². The zero-order chi connectivity index (χ0) is 11.1. The summed E-state index contributed by atoms with van der Waals surface area (Å²) in [5.74, 6) is 0. The summed E-state index contributed by atoms with van der Waals surface area (Å²) in [4.78, 5) is 0. The van der Waals surface area contributed by atoms with Crippen LogP contribution in [0.1, 0.15) is 0 Å². The first kappa shape index (κ1) is 9.95. The topological polar surface area (TPSA) is 0 Å². The lowest BCUT2D eigenvalue weighted by molar-refractivity contribution is 1.74. The third-order valence-electron chi connectivity index (χ3n) is 2.63. The monoisotopic (exact) mass is 244 g/mol. The summed E-state index contributed by atoms with van der Waals surface area (Å²) < 4.78 is 0. The van der Waals surface area contributed by atoms with E-state index in [1.807, 2.05) is 30.3 Å². The Balaban J connectivity index is 2.55. The molecule has 0 N–H and O–H groups in total. The quantitative estimate of drug-likeness (QED) is 0.494. The molecule has 0 heterocycles. The molecule has 0 spiro atoms. The lowest BCUT2D eigenvalue weighted by Crippen LogP contribution is -1.79. The van der Waals surface area contributed by atoms with Crippen molar-refractivity contribution in [1.82, 2.24) is 0 Å². The van der Waals surface area contributed by atoms with Gasteiger partial charge in [0.2, 0.25) is 0 Å². The third-order valence-corrected chi connectivity index (χ3v) is 3.25. The SMILES string of the molecule is Clc1[c]cc2c(Cl)c3cc[c]cc3cc2c1. The van der Waals surface area contributed by atoms with Crippen LogP contribution >= 0.6 is 23.2 Å². The van der Waals surface area contributed by atoms with Crippen LogP contribution in [0.15, 0.2) is 36.4 Å². The van der Waals surface area contributed by atoms with Crippen LogP contribution in [0.3, 0.4) is 0 Å². The Kier molecular flexibility index (Phi) is 2.27. The fraction of sp³-hybridized carbons (Fsp3) is 0. The van der Waals surface area contributed by atoms with Crippen LogP contribution in [0.2, 0.25) is 10.0 Å². The Bertz CT molecular complexity index is 687. The fourth-order valence-corrected chi connectivity index (χ4v) is 2.37. The van der Waals surface area contributed by atoms with Crippen molar-refractivity contribution in [2.24, 2.45) is 0 Å². The van der Waals surface area contributed by atoms with Gasteiger partial charge in [-0.1, -0.05) is 35.3 Å². The smallest absolute Gasteiger partial charge is 0.0563 e. The molecule has 0 saturated heterocycles. The molecular formula is C14H6Cl2. The number of hydrogen-bond acceptors (Lipinski definition) is 0. The van der Waals surface area contributed by atoms with E-state index in [1.54, 1.807) is 0 Å². The Morgan fingerprint density at radius 1 is 0.938 bits per heavy atom. The van der Waals surface area contributed by atoms with Crippen LogP contribution in [-0.4, -0.2) is 0 Å². The van der Waals surface area contributed by atoms with E-state index in [0.29, 0.717) is 5.02 Å². The molecule has 0 atom stereocenters. The second-order valence-corrected chi connectivity index (χ2v) is 4.41. The number of hydrogen-bond donors (Lipinski definition) is 0. The molecule has 3 aromatic rings. The minimum Gasteiger partial charge on any atom is -0.0836 e. The van der Waals surface area contributed by atoms with Gasteiger partial charge in [-0.05, 0) is 41.1 Å². The van der Waals surface area contributed by atoms with E-state index in [2.05, 4.69) is 18.2 Å². The summed E-state index contributed by atoms with van der Waals surface area (Å²) in [5.41, 5.74) is 0. The van der Waals surface area contributed by atoms with Crippen molar-refractivity contribution < 1.29 is 0 Å². The van der Waals surface area contributed by atoms with Crippen molar-refractivity contribution >= 4 is 44.7 Å². The normalized spacial score (nSPS) is 11.1. The molecule has 0 aliphatic carbocycles. The Hall–Kier alpha value is -1.24. The van der Waals surface area contributed by atoms with E-state index in [0.717, 1.165) is 26.6 Å². The van der Waals surface area contributed by atoms with Crippen LogP contribution in [0.4, 0.5) is 0 Å². The number of halogens is 2. The van der Waals surface area contributed by atoms with Crippen LogP contribution in [0.5, 0.6) is 0 Å². The minimum absolute atomic E-state index is 0.600. The van der Waals surface area contributed by atoms with Crippen molar-refractivity contribution in [2.45, 2.75) is 0 Å². The molecule has 0 amide bonds. The van der Waals surface area contributed by atoms with Gasteiger partial charge in [-0.25, -0.2) is 0 Å². The second-order valence-electron chi connectivity index (χ2n) is 3.62. The minimum atomic E-state index is 0.600. The highest BCUT2D eigenvalue weighted by Crippen LogP contribution is 2.33. The predicted molar refractivity (Wildman–Crippen MR) is 69.1 cm³/mol. The molecule has 2 heteroatoms. The molecule has 76 valence electrons. The average Bonchev–Trinajstić information content (AvgIpc) is 2.29. The van der Waals surface area contributed by atoms with E-state index in [1.165, 1.54) is 0 Å². The molecule has 2 radical (unpaired) electrons. The molecule has 3 aromatic carbocycles. The summed E-state index contributed by atoms with van der Waals surface area (Å²) in [5, 5.41) is 5.45. The van der Waals surface area contributed by atoms with E-state index in [9.17, 15) is 0 Å². The Labute approximate surface area is 103 Å². The number of rotatable bonds is 0. The molecule has 0 aromatic heterocycles. The van der Waals surface area contributed by atoms with Gasteiger partial charge in [-0.2, -0.15) is 0 Å². The van der Waals surface area contributed by atoms with Crippen LogP contribution in [-0.2, 0) is 0 Å². The zero-order valence-electron chi connectivity index (χ0n) is 8.22. The predicted octanol–water partition coefficient (Wildman–Crippen LogP) is 4.90. The summed E-state index contributed by atoms with van der Waals surface area (Å²) in [6.07, 6.45) is 0. The summed E-state index contributed by atoms with van der Waals surface area (Å²) in [7, 11) is 0. The standard InChI is InChI=1S/C14H6Cl2/c15-11-5-6-13-10(8-11)7-9-3-1-2-4-12(9)14(13)16/h2-4,6-8H. The average molecular weight is 245 g/mol. The number of fused-ring (bicyclic) bond motifs is 2. The van der Waals surface area contributed by atoms with Crippen molar-refractivity contribution in [3.05, 3.63) is 58.6 Å². The van der Waals surface area contributed by atoms with E-state index >= 15 is 0 Å². The second kappa shape index (κ2) is 3.65. The molecule has 3 rings (SSSR count). The molecule has 16 heavy (non-hydrogen) atoms. The largest absolute Gasteiger partial charge is 0.0836 e. The maximum absolute atomic E-state index is 6.35. The lowest BCUT2D eigenvalue weighted by Gasteiger charge is -2.05. The molecule has 0 aliphatic rings. The molecule has 0 aliphatic heterocycles. The first-order valence-electron chi connectivity index (χ1n) is 4.85. The lowest BCUT2D eigenvalue weighted by atomic mass is 10.0. The molecule has 0 bridgehead atoms. The van der Waals surface area contributed by atoms with Gasteiger partial charge in [-0.15, -0.1) is 0 Å². The molecule has 0 unspecified atom stereocenters. The van der Waals surface area contributed by atoms with Gasteiger partial charge in [0.1, 0.15) is 0 Å². The number of benzene rings is 3. The van der Waals surface area contributed by atoms with Gasteiger partial charge in [0.15, 0.2) is 0 Å². The Morgan fingerprint density at radius 2 is 1.81 bits per heavy atom. The Morgan fingerprint density at radius 3 is 2.69 bits per heavy atom. The van der Waals surface area contributed by atoms with Crippen molar-refractivity contribution in [2.75, 3.05) is 0 Å². The molecule has 0 nitrogen and oxygen atoms in total. The van der Waals surface area contributed by atoms with Crippen molar-refractivity contribution in [1.29, 1.82) is 0 Å². The van der Waals surface area contributed by atoms with E-state index < -0.39 is 0 Å². The summed E-state index contributed by atoms with van der Waals surface area (Å²) in [6.45, 7) is 0. The highest BCUT2D eigenvalue weighted by atomic mass is 35.5. The zero-order valence-corrected chi connectivity index (χ0v) is 9.73. The van der Waals surface area contributed by atoms with Crippen molar-refractivity contribution in [3.8, 4) is 0 Å². The first-order valence-corrected chi connectivity index (χ1v) is 5.60. The maximum atomic E-state index is 6.35. The van der Waals surface area contributed by atoms with Gasteiger partial charge in [0, 0.05) is 21.9 Å². The van der Waals surface area contributed by atoms with Crippen LogP contribution in [0.25, 0.3) is 21.5 Å². The third kappa shape index (κ3) is 1.46. The highest BCUT2D eigenvalue weighted by molar-refractivity contribution is 6.41. The molecular weight excluding hydrogens is 239 g/mol. The fourth-order valence-electron chi connectivity index (χ4n) is 1.87. The van der Waals surface area contributed by atoms with Gasteiger partial charge in [0.25, 0.3) is 0 Å². The maximum Gasteiger partial charge on any atom is 0.0563 e. The van der Waals surface area contributed by atoms with Gasteiger partial charge >= 0.3 is 0 Å². The molecule has 0 fully saturated rings.